The van der Waals surface area contributed by atoms with Crippen LogP contribution in [0.4, 0.5) is 0 Å². The molecule has 1 atom stereocenters. The maximum atomic E-state index is 13.1. The normalized spacial score (nSPS) is 12.1. The van der Waals surface area contributed by atoms with E-state index in [-0.39, 0.29) is 35.9 Å². The van der Waals surface area contributed by atoms with E-state index in [0.29, 0.717) is 23.3 Å². The van der Waals surface area contributed by atoms with E-state index in [1.165, 1.54) is 13.0 Å². The number of carbonyl (C=O) groups excluding carboxylic acids is 2. The Hall–Kier alpha value is -4.12. The molecular formula is C30H37N5O3. The SMILES string of the molecule is CC(=O)NCC(Cc1ccc(-c2cn(C)c(C(C)(C)C)n2)cc1)NC(=O)c1ccc(OC(C)C)c(C#N)c1. The predicted octanol–water partition coefficient (Wildman–Crippen LogP) is 4.52. The molecule has 0 saturated carbocycles. The third-order valence-corrected chi connectivity index (χ3v) is 5.94. The van der Waals surface area contributed by atoms with Gasteiger partial charge < -0.3 is 19.9 Å². The van der Waals surface area contributed by atoms with Crippen LogP contribution < -0.4 is 15.4 Å². The van der Waals surface area contributed by atoms with Crippen LogP contribution in [0.3, 0.4) is 0 Å². The second kappa shape index (κ2) is 12.0. The summed E-state index contributed by atoms with van der Waals surface area (Å²) in [5.74, 6) is 0.952. The van der Waals surface area contributed by atoms with E-state index in [9.17, 15) is 14.9 Å². The van der Waals surface area contributed by atoms with Gasteiger partial charge in [0, 0.05) is 43.3 Å². The van der Waals surface area contributed by atoms with Crippen molar-refractivity contribution in [2.45, 2.75) is 65.5 Å². The van der Waals surface area contributed by atoms with Crippen molar-refractivity contribution in [1.82, 2.24) is 20.2 Å². The molecule has 2 amide bonds. The molecule has 2 N–H and O–H groups in total. The quantitative estimate of drug-likeness (QED) is 0.436. The molecule has 1 heterocycles. The van der Waals surface area contributed by atoms with Crippen LogP contribution in [0.1, 0.15) is 68.9 Å². The van der Waals surface area contributed by atoms with Gasteiger partial charge in [0.1, 0.15) is 17.6 Å². The van der Waals surface area contributed by atoms with Crippen molar-refractivity contribution in [3.63, 3.8) is 0 Å². The maximum absolute atomic E-state index is 13.1. The fraction of sp³-hybridized carbons (Fsp3) is 0.400. The zero-order valence-corrected chi connectivity index (χ0v) is 23.3. The molecule has 0 aliphatic carbocycles. The monoisotopic (exact) mass is 515 g/mol. The first kappa shape index (κ1) is 28.5. The molecule has 200 valence electrons. The summed E-state index contributed by atoms with van der Waals surface area (Å²) in [5, 5.41) is 15.3. The van der Waals surface area contributed by atoms with Gasteiger partial charge in [0.05, 0.1) is 23.4 Å². The van der Waals surface area contributed by atoms with E-state index in [4.69, 9.17) is 9.72 Å². The average Bonchev–Trinajstić information content (AvgIpc) is 3.25. The zero-order chi connectivity index (χ0) is 28.0. The topological polar surface area (TPSA) is 109 Å². The first-order valence-corrected chi connectivity index (χ1v) is 12.8. The van der Waals surface area contributed by atoms with E-state index in [1.807, 2.05) is 51.4 Å². The molecule has 2 aromatic carbocycles. The summed E-state index contributed by atoms with van der Waals surface area (Å²) in [6, 6.07) is 14.6. The molecule has 0 aliphatic heterocycles. The van der Waals surface area contributed by atoms with E-state index < -0.39 is 0 Å². The smallest absolute Gasteiger partial charge is 0.251 e. The lowest BCUT2D eigenvalue weighted by molar-refractivity contribution is -0.119. The van der Waals surface area contributed by atoms with Gasteiger partial charge >= 0.3 is 0 Å². The Kier molecular flexibility index (Phi) is 8.95. The van der Waals surface area contributed by atoms with E-state index in [1.54, 1.807) is 12.1 Å². The minimum atomic E-state index is -0.350. The molecule has 3 aromatic rings. The van der Waals surface area contributed by atoms with Crippen LogP contribution in [-0.2, 0) is 23.7 Å². The number of nitriles is 1. The molecule has 1 unspecified atom stereocenters. The number of carbonyl (C=O) groups is 2. The summed E-state index contributed by atoms with van der Waals surface area (Å²) < 4.78 is 7.71. The number of ether oxygens (including phenoxy) is 1. The summed E-state index contributed by atoms with van der Waals surface area (Å²) in [5.41, 5.74) is 3.52. The first-order valence-electron chi connectivity index (χ1n) is 12.8. The molecule has 0 spiro atoms. The van der Waals surface area contributed by atoms with Crippen LogP contribution in [-0.4, -0.2) is 40.1 Å². The van der Waals surface area contributed by atoms with Crippen LogP contribution in [0.2, 0.25) is 0 Å². The number of amides is 2. The minimum absolute atomic E-state index is 0.0577. The van der Waals surface area contributed by atoms with E-state index in [0.717, 1.165) is 22.6 Å². The molecule has 8 nitrogen and oxygen atoms in total. The molecule has 0 fully saturated rings. The second-order valence-electron chi connectivity index (χ2n) is 10.8. The van der Waals surface area contributed by atoms with Crippen LogP contribution in [0.15, 0.2) is 48.7 Å². The van der Waals surface area contributed by atoms with Crippen LogP contribution in [0.5, 0.6) is 5.75 Å². The Balaban J connectivity index is 1.76. The minimum Gasteiger partial charge on any atom is -0.490 e. The lowest BCUT2D eigenvalue weighted by atomic mass is 9.96. The van der Waals surface area contributed by atoms with Crippen LogP contribution in [0, 0.1) is 11.3 Å². The maximum Gasteiger partial charge on any atom is 0.251 e. The summed E-state index contributed by atoms with van der Waals surface area (Å²) in [7, 11) is 2.01. The summed E-state index contributed by atoms with van der Waals surface area (Å²) >= 11 is 0. The number of benzene rings is 2. The van der Waals surface area contributed by atoms with Crippen molar-refractivity contribution < 1.29 is 14.3 Å². The van der Waals surface area contributed by atoms with Crippen molar-refractivity contribution >= 4 is 11.8 Å². The number of rotatable bonds is 9. The second-order valence-corrected chi connectivity index (χ2v) is 10.8. The highest BCUT2D eigenvalue weighted by atomic mass is 16.5. The standard InChI is InChI=1S/C30H37N5O3/c1-19(2)38-27-13-12-23(15-24(27)16-31)28(37)33-25(17-32-20(3)36)14-21-8-10-22(11-9-21)26-18-35(7)29(34-26)30(4,5)6/h8-13,15,18-19,25H,14,17H2,1-7H3,(H,32,36)(H,33,37). The van der Waals surface area contributed by atoms with Gasteiger partial charge in [-0.05, 0) is 44.0 Å². The molecular weight excluding hydrogens is 478 g/mol. The van der Waals surface area contributed by atoms with Gasteiger partial charge in [-0.3, -0.25) is 9.59 Å². The van der Waals surface area contributed by atoms with Crippen molar-refractivity contribution in [3.05, 3.63) is 71.2 Å². The van der Waals surface area contributed by atoms with Gasteiger partial charge in [-0.25, -0.2) is 4.98 Å². The Bertz CT molecular complexity index is 1330. The highest BCUT2D eigenvalue weighted by Gasteiger charge is 2.21. The predicted molar refractivity (Wildman–Crippen MR) is 148 cm³/mol. The number of nitrogens with one attached hydrogen (secondary N) is 2. The number of aromatic nitrogens is 2. The van der Waals surface area contributed by atoms with Crippen LogP contribution in [0.25, 0.3) is 11.3 Å². The third kappa shape index (κ3) is 7.45. The van der Waals surface area contributed by atoms with Gasteiger partial charge in [-0.2, -0.15) is 5.26 Å². The van der Waals surface area contributed by atoms with Gasteiger partial charge in [-0.1, -0.05) is 45.0 Å². The summed E-state index contributed by atoms with van der Waals surface area (Å²) in [4.78, 5) is 29.5. The van der Waals surface area contributed by atoms with Crippen molar-refractivity contribution in [3.8, 4) is 23.1 Å². The molecule has 0 bridgehead atoms. The fourth-order valence-corrected chi connectivity index (χ4v) is 4.22. The Labute approximate surface area is 225 Å². The third-order valence-electron chi connectivity index (χ3n) is 5.94. The van der Waals surface area contributed by atoms with E-state index in [2.05, 4.69) is 42.0 Å². The van der Waals surface area contributed by atoms with E-state index >= 15 is 0 Å². The van der Waals surface area contributed by atoms with Crippen molar-refractivity contribution in [2.75, 3.05) is 6.54 Å². The Morgan fingerprint density at radius 2 is 1.82 bits per heavy atom. The summed E-state index contributed by atoms with van der Waals surface area (Å²) in [6.45, 7) is 11.9. The van der Waals surface area contributed by atoms with Gasteiger partial charge in [0.2, 0.25) is 5.91 Å². The van der Waals surface area contributed by atoms with Gasteiger partial charge in [0.25, 0.3) is 5.91 Å². The molecule has 1 aromatic heterocycles. The molecule has 38 heavy (non-hydrogen) atoms. The lowest BCUT2D eigenvalue weighted by Crippen LogP contribution is -2.44. The Morgan fingerprint density at radius 3 is 2.37 bits per heavy atom. The average molecular weight is 516 g/mol. The number of hydrogen-bond acceptors (Lipinski definition) is 5. The molecule has 0 radical (unpaired) electrons. The fourth-order valence-electron chi connectivity index (χ4n) is 4.22. The molecule has 0 aliphatic rings. The van der Waals surface area contributed by atoms with Crippen molar-refractivity contribution in [1.29, 1.82) is 5.26 Å². The van der Waals surface area contributed by atoms with Gasteiger partial charge in [0.15, 0.2) is 0 Å². The summed E-state index contributed by atoms with van der Waals surface area (Å²) in [6.07, 6.45) is 2.46. The van der Waals surface area contributed by atoms with Gasteiger partial charge in [-0.15, -0.1) is 0 Å². The highest BCUT2D eigenvalue weighted by Crippen LogP contribution is 2.26. The number of hydrogen-bond donors (Lipinski definition) is 2. The van der Waals surface area contributed by atoms with Crippen LogP contribution >= 0.6 is 0 Å². The molecule has 3 rings (SSSR count). The molecule has 0 saturated heterocycles. The number of aryl methyl sites for hydroxylation is 1. The van der Waals surface area contributed by atoms with Crippen molar-refractivity contribution in [2.24, 2.45) is 7.05 Å². The Morgan fingerprint density at radius 1 is 1.13 bits per heavy atom. The molecule has 8 heteroatoms. The largest absolute Gasteiger partial charge is 0.490 e. The number of imidazole rings is 1. The lowest BCUT2D eigenvalue weighted by Gasteiger charge is -2.20. The number of nitrogens with zero attached hydrogens (tertiary/aromatic N) is 3. The highest BCUT2D eigenvalue weighted by molar-refractivity contribution is 5.95. The zero-order valence-electron chi connectivity index (χ0n) is 23.3. The first-order chi connectivity index (χ1) is 17.9.